The van der Waals surface area contributed by atoms with E-state index >= 15 is 0 Å². The highest BCUT2D eigenvalue weighted by Gasteiger charge is 2.40. The molecule has 2 unspecified atom stereocenters. The Kier molecular flexibility index (Phi) is 3.97. The second-order valence-corrected chi connectivity index (χ2v) is 7.70. The lowest BCUT2D eigenvalue weighted by Crippen LogP contribution is -2.43. The SMILES string of the molecule is CNCC1CCCN(C2CC2)C1c1cc(C)sc1C. The third-order valence-electron chi connectivity index (χ3n) is 4.68. The van der Waals surface area contributed by atoms with Crippen molar-refractivity contribution < 1.29 is 0 Å². The zero-order chi connectivity index (χ0) is 13.4. The molecule has 1 aromatic rings. The summed E-state index contributed by atoms with van der Waals surface area (Å²) in [5.74, 6) is 0.784. The summed E-state index contributed by atoms with van der Waals surface area (Å²) in [4.78, 5) is 5.83. The van der Waals surface area contributed by atoms with Gasteiger partial charge >= 0.3 is 0 Å². The van der Waals surface area contributed by atoms with Crippen molar-refractivity contribution in [2.45, 2.75) is 51.6 Å². The molecule has 3 rings (SSSR count). The number of hydrogen-bond acceptors (Lipinski definition) is 3. The molecule has 2 fully saturated rings. The first-order valence-electron chi connectivity index (χ1n) is 7.68. The molecule has 0 amide bonds. The second kappa shape index (κ2) is 5.55. The summed E-state index contributed by atoms with van der Waals surface area (Å²) >= 11 is 1.97. The highest BCUT2D eigenvalue weighted by Crippen LogP contribution is 2.44. The molecule has 1 saturated heterocycles. The number of nitrogens with zero attached hydrogens (tertiary/aromatic N) is 1. The highest BCUT2D eigenvalue weighted by molar-refractivity contribution is 7.12. The van der Waals surface area contributed by atoms with Crippen LogP contribution in [-0.4, -0.2) is 31.1 Å². The lowest BCUT2D eigenvalue weighted by Gasteiger charge is -2.42. The van der Waals surface area contributed by atoms with Crippen LogP contribution in [0.4, 0.5) is 0 Å². The van der Waals surface area contributed by atoms with Crippen molar-refractivity contribution in [2.24, 2.45) is 5.92 Å². The average Bonchev–Trinajstić information content (AvgIpc) is 3.16. The number of hydrogen-bond donors (Lipinski definition) is 1. The Morgan fingerprint density at radius 3 is 2.68 bits per heavy atom. The standard InChI is InChI=1S/C16H26N2S/c1-11-9-15(12(2)19-11)16-13(10-17-3)5-4-8-18(16)14-6-7-14/h9,13-14,16-17H,4-8,10H2,1-3H3. The van der Waals surface area contributed by atoms with E-state index in [0.717, 1.165) is 18.5 Å². The van der Waals surface area contributed by atoms with Crippen LogP contribution in [0.1, 0.15) is 47.0 Å². The minimum absolute atomic E-state index is 0.665. The van der Waals surface area contributed by atoms with Gasteiger partial charge in [-0.1, -0.05) is 0 Å². The fourth-order valence-corrected chi connectivity index (χ4v) is 4.74. The Bertz CT molecular complexity index is 434. The number of thiophene rings is 1. The number of likely N-dealkylation sites (tertiary alicyclic amines) is 1. The van der Waals surface area contributed by atoms with Gasteiger partial charge < -0.3 is 5.32 Å². The summed E-state index contributed by atoms with van der Waals surface area (Å²) in [6.45, 7) is 7.02. The lowest BCUT2D eigenvalue weighted by atomic mass is 9.84. The molecular weight excluding hydrogens is 252 g/mol. The van der Waals surface area contributed by atoms with Crippen LogP contribution in [-0.2, 0) is 0 Å². The maximum Gasteiger partial charge on any atom is 0.0402 e. The van der Waals surface area contributed by atoms with Crippen molar-refractivity contribution in [2.75, 3.05) is 20.1 Å². The van der Waals surface area contributed by atoms with E-state index in [1.807, 2.05) is 11.3 Å². The largest absolute Gasteiger partial charge is 0.319 e. The highest BCUT2D eigenvalue weighted by atomic mass is 32.1. The van der Waals surface area contributed by atoms with Crippen molar-refractivity contribution >= 4 is 11.3 Å². The number of piperidine rings is 1. The van der Waals surface area contributed by atoms with Crippen LogP contribution in [0.2, 0.25) is 0 Å². The van der Waals surface area contributed by atoms with Crippen molar-refractivity contribution in [1.82, 2.24) is 10.2 Å². The van der Waals surface area contributed by atoms with E-state index < -0.39 is 0 Å². The third kappa shape index (κ3) is 2.74. The molecule has 0 bridgehead atoms. The van der Waals surface area contributed by atoms with Crippen molar-refractivity contribution in [3.8, 4) is 0 Å². The Balaban J connectivity index is 1.91. The first-order valence-corrected chi connectivity index (χ1v) is 8.49. The monoisotopic (exact) mass is 278 g/mol. The van der Waals surface area contributed by atoms with Gasteiger partial charge in [-0.3, -0.25) is 4.90 Å². The molecule has 2 heterocycles. The predicted octanol–water partition coefficient (Wildman–Crippen LogP) is 3.50. The minimum Gasteiger partial charge on any atom is -0.319 e. The molecular formula is C16H26N2S. The Morgan fingerprint density at radius 2 is 2.11 bits per heavy atom. The average molecular weight is 278 g/mol. The molecule has 1 aliphatic heterocycles. The topological polar surface area (TPSA) is 15.3 Å². The molecule has 2 aliphatic rings. The van der Waals surface area contributed by atoms with Crippen LogP contribution in [0, 0.1) is 19.8 Å². The van der Waals surface area contributed by atoms with E-state index in [4.69, 9.17) is 0 Å². The number of aryl methyl sites for hydroxylation is 2. The van der Waals surface area contributed by atoms with Gasteiger partial charge in [0.25, 0.3) is 0 Å². The molecule has 1 saturated carbocycles. The van der Waals surface area contributed by atoms with Gasteiger partial charge in [-0.2, -0.15) is 0 Å². The minimum atomic E-state index is 0.665. The van der Waals surface area contributed by atoms with E-state index in [1.54, 1.807) is 5.56 Å². The molecule has 1 aromatic heterocycles. The molecule has 0 radical (unpaired) electrons. The van der Waals surface area contributed by atoms with E-state index in [0.29, 0.717) is 6.04 Å². The Morgan fingerprint density at radius 1 is 1.32 bits per heavy atom. The quantitative estimate of drug-likeness (QED) is 0.907. The van der Waals surface area contributed by atoms with Crippen LogP contribution in [0.3, 0.4) is 0 Å². The summed E-state index contributed by atoms with van der Waals surface area (Å²) in [5, 5.41) is 3.42. The molecule has 0 spiro atoms. The molecule has 106 valence electrons. The Hall–Kier alpha value is -0.380. The number of nitrogens with one attached hydrogen (secondary N) is 1. The predicted molar refractivity (Wildman–Crippen MR) is 82.9 cm³/mol. The normalized spacial score (nSPS) is 28.8. The molecule has 1 N–H and O–H groups in total. The first kappa shape index (κ1) is 13.6. The molecule has 2 atom stereocenters. The van der Waals surface area contributed by atoms with Gasteiger partial charge in [0.15, 0.2) is 0 Å². The fraction of sp³-hybridized carbons (Fsp3) is 0.750. The second-order valence-electron chi connectivity index (χ2n) is 6.24. The fourth-order valence-electron chi connectivity index (χ4n) is 3.77. The summed E-state index contributed by atoms with van der Waals surface area (Å²) in [7, 11) is 2.10. The molecule has 1 aliphatic carbocycles. The van der Waals surface area contributed by atoms with E-state index in [1.165, 1.54) is 42.0 Å². The molecule has 0 aromatic carbocycles. The van der Waals surface area contributed by atoms with Crippen LogP contribution in [0.25, 0.3) is 0 Å². The smallest absolute Gasteiger partial charge is 0.0402 e. The van der Waals surface area contributed by atoms with Crippen LogP contribution >= 0.6 is 11.3 Å². The molecule has 19 heavy (non-hydrogen) atoms. The maximum atomic E-state index is 3.42. The van der Waals surface area contributed by atoms with Crippen LogP contribution in [0.15, 0.2) is 6.07 Å². The van der Waals surface area contributed by atoms with E-state index in [-0.39, 0.29) is 0 Å². The zero-order valence-electron chi connectivity index (χ0n) is 12.4. The van der Waals surface area contributed by atoms with Crippen molar-refractivity contribution in [3.05, 3.63) is 21.4 Å². The van der Waals surface area contributed by atoms with E-state index in [2.05, 4.69) is 37.2 Å². The van der Waals surface area contributed by atoms with Gasteiger partial charge in [0.05, 0.1) is 0 Å². The summed E-state index contributed by atoms with van der Waals surface area (Å²) in [6, 6.07) is 4.00. The van der Waals surface area contributed by atoms with Crippen LogP contribution in [0.5, 0.6) is 0 Å². The van der Waals surface area contributed by atoms with Gasteiger partial charge in [0.2, 0.25) is 0 Å². The summed E-state index contributed by atoms with van der Waals surface area (Å²) in [5.41, 5.74) is 1.62. The zero-order valence-corrected chi connectivity index (χ0v) is 13.2. The number of rotatable bonds is 4. The summed E-state index contributed by atoms with van der Waals surface area (Å²) in [6.07, 6.45) is 5.60. The molecule has 2 nitrogen and oxygen atoms in total. The van der Waals surface area contributed by atoms with Crippen molar-refractivity contribution in [1.29, 1.82) is 0 Å². The van der Waals surface area contributed by atoms with Gasteiger partial charge in [0, 0.05) is 21.8 Å². The first-order chi connectivity index (χ1) is 9.20. The van der Waals surface area contributed by atoms with Gasteiger partial charge in [0.1, 0.15) is 0 Å². The van der Waals surface area contributed by atoms with Crippen LogP contribution < -0.4 is 5.32 Å². The maximum absolute atomic E-state index is 3.42. The van der Waals surface area contributed by atoms with Crippen molar-refractivity contribution in [3.63, 3.8) is 0 Å². The van der Waals surface area contributed by atoms with Gasteiger partial charge in [-0.15, -0.1) is 11.3 Å². The summed E-state index contributed by atoms with van der Waals surface area (Å²) < 4.78 is 0. The molecule has 3 heteroatoms. The Labute approximate surface area is 121 Å². The third-order valence-corrected chi connectivity index (χ3v) is 5.66. The van der Waals surface area contributed by atoms with Gasteiger partial charge in [-0.25, -0.2) is 0 Å². The van der Waals surface area contributed by atoms with Gasteiger partial charge in [-0.05, 0) is 77.2 Å². The lowest BCUT2D eigenvalue weighted by molar-refractivity contribution is 0.0844. The van der Waals surface area contributed by atoms with E-state index in [9.17, 15) is 0 Å².